The second-order valence-electron chi connectivity index (χ2n) is 3.96. The lowest BCUT2D eigenvalue weighted by Gasteiger charge is -2.24. The van der Waals surface area contributed by atoms with Gasteiger partial charge in [0.15, 0.2) is 0 Å². The fourth-order valence-corrected chi connectivity index (χ4v) is 1.88. The molecule has 1 aliphatic heterocycles. The average Bonchev–Trinajstić information content (AvgIpc) is 2.20. The van der Waals surface area contributed by atoms with Crippen molar-refractivity contribution in [2.45, 2.75) is 20.0 Å². The summed E-state index contributed by atoms with van der Waals surface area (Å²) < 4.78 is 5.48. The molecule has 80 valence electrons. The number of morpholine rings is 1. The van der Waals surface area contributed by atoms with Crippen molar-refractivity contribution in [2.75, 3.05) is 13.2 Å². The summed E-state index contributed by atoms with van der Waals surface area (Å²) in [5, 5.41) is 2.81. The minimum Gasteiger partial charge on any atom is -0.362 e. The maximum absolute atomic E-state index is 10.9. The van der Waals surface area contributed by atoms with Gasteiger partial charge in [-0.1, -0.05) is 23.8 Å². The molecule has 1 saturated heterocycles. The number of amides is 1. The van der Waals surface area contributed by atoms with E-state index in [1.165, 1.54) is 16.7 Å². The third-order valence-electron chi connectivity index (χ3n) is 2.67. The highest BCUT2D eigenvalue weighted by Crippen LogP contribution is 2.23. The molecule has 0 bridgehead atoms. The van der Waals surface area contributed by atoms with Gasteiger partial charge in [0, 0.05) is 6.54 Å². The number of carbonyl (C=O) groups is 1. The lowest BCUT2D eigenvalue weighted by Crippen LogP contribution is -2.38. The standard InChI is InChI=1S/C12H15NO2/c1-8-3-4-10(9(2)5-8)11-6-13-12(14)7-15-11/h3-5,11H,6-7H2,1-2H3,(H,13,14)/t11-/m1/s1. The average molecular weight is 205 g/mol. The Morgan fingerprint density at radius 1 is 1.40 bits per heavy atom. The Balaban J connectivity index is 2.19. The van der Waals surface area contributed by atoms with Gasteiger partial charge < -0.3 is 10.1 Å². The van der Waals surface area contributed by atoms with Crippen LogP contribution >= 0.6 is 0 Å². The number of hydrogen-bond donors (Lipinski definition) is 1. The van der Waals surface area contributed by atoms with Crippen molar-refractivity contribution < 1.29 is 9.53 Å². The molecule has 1 heterocycles. The van der Waals surface area contributed by atoms with Gasteiger partial charge in [-0.05, 0) is 25.0 Å². The van der Waals surface area contributed by atoms with E-state index in [1.54, 1.807) is 0 Å². The van der Waals surface area contributed by atoms with E-state index in [-0.39, 0.29) is 18.6 Å². The maximum Gasteiger partial charge on any atom is 0.246 e. The highest BCUT2D eigenvalue weighted by Gasteiger charge is 2.21. The smallest absolute Gasteiger partial charge is 0.246 e. The van der Waals surface area contributed by atoms with E-state index in [2.05, 4.69) is 37.4 Å². The number of hydrogen-bond acceptors (Lipinski definition) is 2. The molecule has 0 aliphatic carbocycles. The van der Waals surface area contributed by atoms with Gasteiger partial charge in [-0.15, -0.1) is 0 Å². The summed E-state index contributed by atoms with van der Waals surface area (Å²) in [6.45, 7) is 4.88. The molecule has 1 atom stereocenters. The van der Waals surface area contributed by atoms with Crippen molar-refractivity contribution in [1.82, 2.24) is 5.32 Å². The number of aryl methyl sites for hydroxylation is 2. The Labute approximate surface area is 89.4 Å². The van der Waals surface area contributed by atoms with Gasteiger partial charge in [0.25, 0.3) is 0 Å². The minimum absolute atomic E-state index is 0.00306. The quantitative estimate of drug-likeness (QED) is 0.754. The highest BCUT2D eigenvalue weighted by atomic mass is 16.5. The zero-order valence-electron chi connectivity index (χ0n) is 9.04. The third kappa shape index (κ3) is 2.18. The topological polar surface area (TPSA) is 38.3 Å². The summed E-state index contributed by atoms with van der Waals surface area (Å²) in [6, 6.07) is 6.28. The molecule has 3 heteroatoms. The van der Waals surface area contributed by atoms with Crippen LogP contribution in [0, 0.1) is 13.8 Å². The lowest BCUT2D eigenvalue weighted by atomic mass is 10.0. The molecule has 0 unspecified atom stereocenters. The summed E-state index contributed by atoms with van der Waals surface area (Å²) in [6.07, 6.45) is 0.00306. The van der Waals surface area contributed by atoms with Crippen molar-refractivity contribution in [1.29, 1.82) is 0 Å². The Kier molecular flexibility index (Phi) is 2.73. The maximum atomic E-state index is 10.9. The van der Waals surface area contributed by atoms with Crippen LogP contribution in [0.3, 0.4) is 0 Å². The van der Waals surface area contributed by atoms with Crippen LogP contribution in [0.1, 0.15) is 22.8 Å². The van der Waals surface area contributed by atoms with Gasteiger partial charge in [-0.25, -0.2) is 0 Å². The first-order valence-electron chi connectivity index (χ1n) is 5.12. The summed E-state index contributed by atoms with van der Waals surface area (Å²) in [7, 11) is 0. The van der Waals surface area contributed by atoms with Crippen LogP contribution < -0.4 is 5.32 Å². The number of rotatable bonds is 1. The van der Waals surface area contributed by atoms with Crippen LogP contribution in [0.2, 0.25) is 0 Å². The van der Waals surface area contributed by atoms with Crippen LogP contribution in [0.25, 0.3) is 0 Å². The van der Waals surface area contributed by atoms with E-state index < -0.39 is 0 Å². The van der Waals surface area contributed by atoms with E-state index >= 15 is 0 Å². The van der Waals surface area contributed by atoms with Crippen molar-refractivity contribution in [3.63, 3.8) is 0 Å². The molecule has 1 N–H and O–H groups in total. The summed E-state index contributed by atoms with van der Waals surface area (Å²) >= 11 is 0. The normalized spacial score (nSPS) is 21.2. The Hall–Kier alpha value is -1.35. The van der Waals surface area contributed by atoms with E-state index in [9.17, 15) is 4.79 Å². The predicted molar refractivity (Wildman–Crippen MR) is 57.6 cm³/mol. The molecular weight excluding hydrogens is 190 g/mol. The molecule has 15 heavy (non-hydrogen) atoms. The first-order valence-corrected chi connectivity index (χ1v) is 5.12. The molecule has 0 saturated carbocycles. The molecule has 0 aromatic heterocycles. The monoisotopic (exact) mass is 205 g/mol. The van der Waals surface area contributed by atoms with Gasteiger partial charge in [-0.3, -0.25) is 4.79 Å². The van der Waals surface area contributed by atoms with E-state index in [0.717, 1.165) is 0 Å². The molecule has 1 aliphatic rings. The van der Waals surface area contributed by atoms with Crippen LogP contribution in [0.15, 0.2) is 18.2 Å². The Morgan fingerprint density at radius 3 is 2.80 bits per heavy atom. The third-order valence-corrected chi connectivity index (χ3v) is 2.67. The molecule has 1 amide bonds. The van der Waals surface area contributed by atoms with Crippen LogP contribution in [-0.4, -0.2) is 19.1 Å². The molecule has 0 spiro atoms. The SMILES string of the molecule is Cc1ccc([C@H]2CNC(=O)CO2)c(C)c1. The van der Waals surface area contributed by atoms with E-state index in [1.807, 2.05) is 0 Å². The van der Waals surface area contributed by atoms with Crippen molar-refractivity contribution in [3.05, 3.63) is 34.9 Å². The van der Waals surface area contributed by atoms with Crippen molar-refractivity contribution in [3.8, 4) is 0 Å². The fraction of sp³-hybridized carbons (Fsp3) is 0.417. The zero-order chi connectivity index (χ0) is 10.8. The Morgan fingerprint density at radius 2 is 2.20 bits per heavy atom. The van der Waals surface area contributed by atoms with Gasteiger partial charge >= 0.3 is 0 Å². The van der Waals surface area contributed by atoms with Crippen LogP contribution in [-0.2, 0) is 9.53 Å². The number of ether oxygens (including phenoxy) is 1. The molecule has 1 fully saturated rings. The minimum atomic E-state index is -0.0315. The number of carbonyl (C=O) groups excluding carboxylic acids is 1. The fourth-order valence-electron chi connectivity index (χ4n) is 1.88. The molecule has 2 rings (SSSR count). The lowest BCUT2D eigenvalue weighted by molar-refractivity contribution is -0.133. The van der Waals surface area contributed by atoms with Gasteiger partial charge in [0.1, 0.15) is 12.7 Å². The second kappa shape index (κ2) is 4.03. The van der Waals surface area contributed by atoms with Gasteiger partial charge in [-0.2, -0.15) is 0 Å². The summed E-state index contributed by atoms with van der Waals surface area (Å²) in [5.41, 5.74) is 3.63. The summed E-state index contributed by atoms with van der Waals surface area (Å²) in [5.74, 6) is -0.0315. The molecule has 1 aromatic rings. The molecule has 0 radical (unpaired) electrons. The van der Waals surface area contributed by atoms with Crippen molar-refractivity contribution >= 4 is 5.91 Å². The molecule has 3 nitrogen and oxygen atoms in total. The number of nitrogens with one attached hydrogen (secondary N) is 1. The second-order valence-corrected chi connectivity index (χ2v) is 3.96. The van der Waals surface area contributed by atoms with Crippen molar-refractivity contribution in [2.24, 2.45) is 0 Å². The van der Waals surface area contributed by atoms with Crippen LogP contribution in [0.4, 0.5) is 0 Å². The number of benzene rings is 1. The van der Waals surface area contributed by atoms with Crippen LogP contribution in [0.5, 0.6) is 0 Å². The van der Waals surface area contributed by atoms with Gasteiger partial charge in [0.05, 0.1) is 0 Å². The van der Waals surface area contributed by atoms with E-state index in [4.69, 9.17) is 4.74 Å². The zero-order valence-corrected chi connectivity index (χ0v) is 9.04. The molecular formula is C12H15NO2. The largest absolute Gasteiger partial charge is 0.362 e. The van der Waals surface area contributed by atoms with Gasteiger partial charge in [0.2, 0.25) is 5.91 Å². The molecule has 1 aromatic carbocycles. The highest BCUT2D eigenvalue weighted by molar-refractivity contribution is 5.77. The predicted octanol–water partition coefficient (Wildman–Crippen LogP) is 1.49. The first kappa shape index (κ1) is 10.2. The Bertz CT molecular complexity index is 377. The summed E-state index contributed by atoms with van der Waals surface area (Å²) in [4.78, 5) is 10.9. The first-order chi connectivity index (χ1) is 7.16. The van der Waals surface area contributed by atoms with E-state index in [0.29, 0.717) is 6.54 Å².